The third-order valence-electron chi connectivity index (χ3n) is 16.2. The van der Waals surface area contributed by atoms with Gasteiger partial charge in [-0.05, 0) is 37.5 Å². The molecule has 0 aliphatic heterocycles. The van der Waals surface area contributed by atoms with E-state index < -0.39 is 97.5 Å². The predicted molar refractivity (Wildman–Crippen MR) is 358 cm³/mol. The molecule has 0 saturated heterocycles. The Morgan fingerprint density at radius 2 is 0.517 bits per heavy atom. The van der Waals surface area contributed by atoms with Gasteiger partial charge in [0.1, 0.15) is 19.3 Å². The van der Waals surface area contributed by atoms with E-state index in [-0.39, 0.29) is 25.7 Å². The minimum absolute atomic E-state index is 0.102. The van der Waals surface area contributed by atoms with Gasteiger partial charge in [-0.25, -0.2) is 9.13 Å². The molecule has 0 heterocycles. The summed E-state index contributed by atoms with van der Waals surface area (Å²) in [6.07, 6.45) is 47.6. The molecule has 0 aromatic carbocycles. The SMILES string of the molecule is CCCCCCCCCCCCCCCCCCCCCC(=O)O[C@H](COC(=O)CCCCCCCCCCCCCC(C)C)COP(=O)(O)OC[C@@H](O)COP(=O)(O)OC[C@@H](COC(=O)CCCCCCCCC)OC(=O)CCCCCCCCC(C)C. The van der Waals surface area contributed by atoms with Crippen molar-refractivity contribution in [3.63, 3.8) is 0 Å². The van der Waals surface area contributed by atoms with Crippen LogP contribution in [0.1, 0.15) is 356 Å². The van der Waals surface area contributed by atoms with E-state index in [1.807, 2.05) is 0 Å². The molecule has 528 valence electrons. The average molecular weight is 1310 g/mol. The number of hydrogen-bond donors (Lipinski definition) is 3. The number of aliphatic hydroxyl groups is 1. The van der Waals surface area contributed by atoms with E-state index in [0.29, 0.717) is 31.6 Å². The molecule has 0 aliphatic rings. The summed E-state index contributed by atoms with van der Waals surface area (Å²) in [5.74, 6) is -0.693. The van der Waals surface area contributed by atoms with E-state index in [1.54, 1.807) is 0 Å². The minimum atomic E-state index is -4.95. The Labute approximate surface area is 543 Å². The molecule has 3 N–H and O–H groups in total. The van der Waals surface area contributed by atoms with Gasteiger partial charge in [-0.2, -0.15) is 0 Å². The van der Waals surface area contributed by atoms with E-state index in [0.717, 1.165) is 109 Å². The van der Waals surface area contributed by atoms with Gasteiger partial charge in [0.05, 0.1) is 26.4 Å². The summed E-state index contributed by atoms with van der Waals surface area (Å²) in [5.41, 5.74) is 0. The molecule has 0 saturated carbocycles. The van der Waals surface area contributed by atoms with Crippen molar-refractivity contribution in [1.82, 2.24) is 0 Å². The highest BCUT2D eigenvalue weighted by Gasteiger charge is 2.30. The zero-order chi connectivity index (χ0) is 65.7. The van der Waals surface area contributed by atoms with Crippen LogP contribution in [0.15, 0.2) is 0 Å². The van der Waals surface area contributed by atoms with Gasteiger partial charge in [0, 0.05) is 25.7 Å². The van der Waals surface area contributed by atoms with Crippen molar-refractivity contribution >= 4 is 39.5 Å². The average Bonchev–Trinajstić information content (AvgIpc) is 3.63. The third-order valence-corrected chi connectivity index (χ3v) is 18.1. The molecule has 2 unspecified atom stereocenters. The van der Waals surface area contributed by atoms with Crippen molar-refractivity contribution in [2.75, 3.05) is 39.6 Å². The molecule has 0 fully saturated rings. The molecule has 0 aromatic rings. The molecule has 0 bridgehead atoms. The monoisotopic (exact) mass is 1310 g/mol. The molecule has 19 heteroatoms. The Hall–Kier alpha value is -1.94. The van der Waals surface area contributed by atoms with Crippen LogP contribution in [0.5, 0.6) is 0 Å². The van der Waals surface area contributed by atoms with Crippen LogP contribution in [0.4, 0.5) is 0 Å². The lowest BCUT2D eigenvalue weighted by molar-refractivity contribution is -0.161. The fourth-order valence-electron chi connectivity index (χ4n) is 10.6. The number of esters is 4. The molecule has 0 aromatic heterocycles. The lowest BCUT2D eigenvalue weighted by atomic mass is 10.0. The number of carbonyl (C=O) groups excluding carboxylic acids is 4. The molecule has 89 heavy (non-hydrogen) atoms. The maximum absolute atomic E-state index is 13.0. The number of rotatable bonds is 69. The van der Waals surface area contributed by atoms with Crippen molar-refractivity contribution in [3.8, 4) is 0 Å². The van der Waals surface area contributed by atoms with Gasteiger partial charge in [0.25, 0.3) is 0 Å². The summed E-state index contributed by atoms with van der Waals surface area (Å²) in [6.45, 7) is 9.41. The van der Waals surface area contributed by atoms with Crippen molar-refractivity contribution in [2.45, 2.75) is 374 Å². The third kappa shape index (κ3) is 64.6. The molecule has 0 aliphatic carbocycles. The first-order chi connectivity index (χ1) is 42.9. The molecule has 0 rings (SSSR count). The number of ether oxygens (including phenoxy) is 4. The second-order valence-electron chi connectivity index (χ2n) is 26.2. The van der Waals surface area contributed by atoms with Crippen LogP contribution >= 0.6 is 15.6 Å². The van der Waals surface area contributed by atoms with Crippen LogP contribution in [0.3, 0.4) is 0 Å². The van der Waals surface area contributed by atoms with E-state index in [1.165, 1.54) is 161 Å². The first-order valence-corrected chi connectivity index (χ1v) is 39.5. The minimum Gasteiger partial charge on any atom is -0.462 e. The summed E-state index contributed by atoms with van der Waals surface area (Å²) in [7, 11) is -9.89. The zero-order valence-electron chi connectivity index (χ0n) is 57.7. The molecular weight excluding hydrogens is 1170 g/mol. The van der Waals surface area contributed by atoms with Crippen molar-refractivity contribution in [3.05, 3.63) is 0 Å². The number of unbranched alkanes of at least 4 members (excludes halogenated alkanes) is 39. The smallest absolute Gasteiger partial charge is 0.462 e. The van der Waals surface area contributed by atoms with Crippen molar-refractivity contribution in [2.24, 2.45) is 11.8 Å². The second-order valence-corrected chi connectivity index (χ2v) is 29.1. The normalized spacial score (nSPS) is 14.1. The second kappa shape index (κ2) is 62.2. The van der Waals surface area contributed by atoms with E-state index in [9.17, 15) is 43.2 Å². The van der Waals surface area contributed by atoms with Crippen LogP contribution in [0, 0.1) is 11.8 Å². The van der Waals surface area contributed by atoms with Crippen LogP contribution in [0.25, 0.3) is 0 Å². The summed E-state index contributed by atoms with van der Waals surface area (Å²) >= 11 is 0. The van der Waals surface area contributed by atoms with Gasteiger partial charge in [0.2, 0.25) is 0 Å². The van der Waals surface area contributed by atoms with E-state index >= 15 is 0 Å². The standard InChI is InChI=1S/C70H136O17P2/c1-7-9-11-13-15-16-17-18-19-20-21-22-23-24-27-31-35-42-48-54-69(74)86-65(59-81-68(73)53-47-41-34-30-28-25-26-29-33-38-44-50-62(3)4)60-84-88(76,77)82-56-64(71)57-83-89(78,79)85-61-66(58-80-67(72)52-46-40-32-14-12-10-8-2)87-70(75)55-49-43-37-36-39-45-51-63(5)6/h62-66,71H,7-61H2,1-6H3,(H,76,77)(H,78,79)/t64-,65-,66-/m1/s1. The lowest BCUT2D eigenvalue weighted by Crippen LogP contribution is -2.30. The lowest BCUT2D eigenvalue weighted by Gasteiger charge is -2.21. The predicted octanol–water partition coefficient (Wildman–Crippen LogP) is 20.0. The molecule has 17 nitrogen and oxygen atoms in total. The van der Waals surface area contributed by atoms with Crippen LogP contribution in [-0.2, 0) is 65.4 Å². The summed E-state index contributed by atoms with van der Waals surface area (Å²) < 4.78 is 68.1. The van der Waals surface area contributed by atoms with Crippen LogP contribution in [-0.4, -0.2) is 96.7 Å². The highest BCUT2D eigenvalue weighted by Crippen LogP contribution is 2.45. The molecule has 0 radical (unpaired) electrons. The topological polar surface area (TPSA) is 237 Å². The molecular formula is C70H136O17P2. The maximum Gasteiger partial charge on any atom is 0.472 e. The summed E-state index contributed by atoms with van der Waals surface area (Å²) in [4.78, 5) is 72.3. The van der Waals surface area contributed by atoms with Crippen LogP contribution in [0.2, 0.25) is 0 Å². The number of carbonyl (C=O) groups is 4. The van der Waals surface area contributed by atoms with E-state index in [2.05, 4.69) is 41.5 Å². The van der Waals surface area contributed by atoms with Gasteiger partial charge in [0.15, 0.2) is 12.2 Å². The fourth-order valence-corrected chi connectivity index (χ4v) is 12.2. The van der Waals surface area contributed by atoms with Gasteiger partial charge in [-0.3, -0.25) is 37.3 Å². The fraction of sp³-hybridized carbons (Fsp3) is 0.943. The highest BCUT2D eigenvalue weighted by molar-refractivity contribution is 7.47. The Bertz CT molecular complexity index is 1730. The molecule has 0 amide bonds. The quantitative estimate of drug-likeness (QED) is 0.0222. The van der Waals surface area contributed by atoms with E-state index in [4.69, 9.17) is 37.0 Å². The Balaban J connectivity index is 5.17. The number of phosphoric acid groups is 2. The first-order valence-electron chi connectivity index (χ1n) is 36.5. The van der Waals surface area contributed by atoms with Crippen molar-refractivity contribution in [1.29, 1.82) is 0 Å². The zero-order valence-corrected chi connectivity index (χ0v) is 59.5. The first kappa shape index (κ1) is 87.1. The van der Waals surface area contributed by atoms with Gasteiger partial charge >= 0.3 is 39.5 Å². The number of aliphatic hydroxyl groups excluding tert-OH is 1. The molecule has 5 atom stereocenters. The molecule has 0 spiro atoms. The summed E-state index contributed by atoms with van der Waals surface area (Å²) in [6, 6.07) is 0. The number of hydrogen-bond acceptors (Lipinski definition) is 15. The van der Waals surface area contributed by atoms with Crippen LogP contribution < -0.4 is 0 Å². The maximum atomic E-state index is 13.0. The Morgan fingerprint density at radius 3 is 0.764 bits per heavy atom. The number of phosphoric ester groups is 2. The summed E-state index contributed by atoms with van der Waals surface area (Å²) in [5, 5.41) is 10.6. The Kier molecular flexibility index (Phi) is 60.8. The van der Waals surface area contributed by atoms with Gasteiger partial charge in [-0.15, -0.1) is 0 Å². The Morgan fingerprint density at radius 1 is 0.303 bits per heavy atom. The largest absolute Gasteiger partial charge is 0.472 e. The van der Waals surface area contributed by atoms with Crippen molar-refractivity contribution < 1.29 is 80.2 Å². The van der Waals surface area contributed by atoms with Gasteiger partial charge < -0.3 is 33.8 Å². The highest BCUT2D eigenvalue weighted by atomic mass is 31.2. The van der Waals surface area contributed by atoms with Gasteiger partial charge in [-0.1, -0.05) is 305 Å².